The Morgan fingerprint density at radius 2 is 1.83 bits per heavy atom. The zero-order valence-electron chi connectivity index (χ0n) is 17.0. The van der Waals surface area contributed by atoms with Gasteiger partial charge in [0.05, 0.1) is 10.7 Å². The molecule has 30 heavy (non-hydrogen) atoms. The zero-order chi connectivity index (χ0) is 21.3. The molecule has 2 aromatic heterocycles. The van der Waals surface area contributed by atoms with Crippen LogP contribution in [0, 0.1) is 25.6 Å². The molecule has 3 aromatic rings. The fraction of sp³-hybridized carbons (Fsp3) is 0.304. The lowest BCUT2D eigenvalue weighted by molar-refractivity contribution is -0.120. The normalized spacial score (nSPS) is 14.7. The highest BCUT2D eigenvalue weighted by molar-refractivity contribution is 6.31. The average molecular weight is 427 g/mol. The number of hydrogen-bond donors (Lipinski definition) is 1. The number of carbonyl (C=O) groups excluding carboxylic acids is 1. The smallest absolute Gasteiger partial charge is 0.227 e. The number of carbonyl (C=O) groups is 1. The third kappa shape index (κ3) is 4.05. The molecule has 1 saturated heterocycles. The molecule has 7 heteroatoms. The van der Waals surface area contributed by atoms with Gasteiger partial charge in [-0.05, 0) is 69.2 Å². The summed E-state index contributed by atoms with van der Waals surface area (Å²) in [6, 6.07) is 12.5. The SMILES string of the molecule is Cc1ccc(C)n1-c1cccnc1N1CCC(C(=O)Nc2ccc(F)c(Cl)c2)CC1. The van der Waals surface area contributed by atoms with Gasteiger partial charge in [-0.15, -0.1) is 0 Å². The zero-order valence-corrected chi connectivity index (χ0v) is 17.8. The minimum Gasteiger partial charge on any atom is -0.355 e. The highest BCUT2D eigenvalue weighted by Crippen LogP contribution is 2.29. The highest BCUT2D eigenvalue weighted by atomic mass is 35.5. The molecule has 1 aliphatic rings. The number of rotatable bonds is 4. The van der Waals surface area contributed by atoms with Gasteiger partial charge in [-0.2, -0.15) is 0 Å². The number of hydrogen-bond acceptors (Lipinski definition) is 3. The molecule has 4 rings (SSSR count). The number of benzene rings is 1. The summed E-state index contributed by atoms with van der Waals surface area (Å²) < 4.78 is 15.5. The van der Waals surface area contributed by atoms with Crippen molar-refractivity contribution in [3.8, 4) is 5.69 Å². The van der Waals surface area contributed by atoms with Gasteiger partial charge < -0.3 is 14.8 Å². The molecule has 1 N–H and O–H groups in total. The number of halogens is 2. The predicted molar refractivity (Wildman–Crippen MR) is 118 cm³/mol. The van der Waals surface area contributed by atoms with Crippen LogP contribution < -0.4 is 10.2 Å². The van der Waals surface area contributed by atoms with Crippen LogP contribution in [-0.2, 0) is 4.79 Å². The second-order valence-corrected chi connectivity index (χ2v) is 8.08. The standard InChI is InChI=1S/C23H24ClFN4O/c1-15-5-6-16(2)29(15)21-4-3-11-26-22(21)28-12-9-17(10-13-28)23(30)27-18-7-8-20(25)19(24)14-18/h3-8,11,14,17H,9-10,12-13H2,1-2H3,(H,27,30). The Morgan fingerprint density at radius 1 is 1.13 bits per heavy atom. The third-order valence-corrected chi connectivity index (χ3v) is 5.92. The Balaban J connectivity index is 1.45. The Labute approximate surface area is 180 Å². The highest BCUT2D eigenvalue weighted by Gasteiger charge is 2.27. The maximum absolute atomic E-state index is 13.3. The molecule has 156 valence electrons. The number of piperidine rings is 1. The van der Waals surface area contributed by atoms with E-state index in [2.05, 4.69) is 51.8 Å². The summed E-state index contributed by atoms with van der Waals surface area (Å²) in [6.07, 6.45) is 3.25. The Hall–Kier alpha value is -2.86. The van der Waals surface area contributed by atoms with Gasteiger partial charge in [-0.3, -0.25) is 4.79 Å². The van der Waals surface area contributed by atoms with Crippen LogP contribution in [-0.4, -0.2) is 28.5 Å². The molecular formula is C23H24ClFN4O. The molecule has 1 aliphatic heterocycles. The predicted octanol–water partition coefficient (Wildman–Crippen LogP) is 5.14. The van der Waals surface area contributed by atoms with Gasteiger partial charge in [-0.1, -0.05) is 11.6 Å². The van der Waals surface area contributed by atoms with Crippen LogP contribution in [0.1, 0.15) is 24.2 Å². The second kappa shape index (κ2) is 8.48. The summed E-state index contributed by atoms with van der Waals surface area (Å²) in [5.41, 5.74) is 3.89. The molecule has 0 radical (unpaired) electrons. The summed E-state index contributed by atoms with van der Waals surface area (Å²) >= 11 is 5.81. The van der Waals surface area contributed by atoms with E-state index < -0.39 is 5.82 Å². The number of aromatic nitrogens is 2. The van der Waals surface area contributed by atoms with Crippen molar-refractivity contribution in [1.29, 1.82) is 0 Å². The molecule has 0 saturated carbocycles. The largest absolute Gasteiger partial charge is 0.355 e. The Morgan fingerprint density at radius 3 is 2.50 bits per heavy atom. The van der Waals surface area contributed by atoms with Gasteiger partial charge in [0.15, 0.2) is 5.82 Å². The van der Waals surface area contributed by atoms with Crippen molar-refractivity contribution in [2.45, 2.75) is 26.7 Å². The van der Waals surface area contributed by atoms with Gasteiger partial charge in [0.1, 0.15) is 5.82 Å². The number of amides is 1. The summed E-state index contributed by atoms with van der Waals surface area (Å²) in [5.74, 6) is 0.273. The minimum absolute atomic E-state index is 0.000833. The summed E-state index contributed by atoms with van der Waals surface area (Å²) in [4.78, 5) is 19.6. The van der Waals surface area contributed by atoms with Gasteiger partial charge in [0.2, 0.25) is 5.91 Å². The van der Waals surface area contributed by atoms with E-state index in [-0.39, 0.29) is 16.8 Å². The first-order valence-corrected chi connectivity index (χ1v) is 10.4. The number of anilines is 2. The third-order valence-electron chi connectivity index (χ3n) is 5.63. The molecule has 1 amide bonds. The number of pyridine rings is 1. The average Bonchev–Trinajstić information content (AvgIpc) is 3.09. The van der Waals surface area contributed by atoms with E-state index in [0.29, 0.717) is 5.69 Å². The van der Waals surface area contributed by atoms with E-state index in [1.165, 1.54) is 18.2 Å². The van der Waals surface area contributed by atoms with E-state index >= 15 is 0 Å². The molecule has 5 nitrogen and oxygen atoms in total. The van der Waals surface area contributed by atoms with Gasteiger partial charge in [-0.25, -0.2) is 9.37 Å². The van der Waals surface area contributed by atoms with E-state index in [1.54, 1.807) is 0 Å². The molecule has 0 atom stereocenters. The molecule has 0 aliphatic carbocycles. The van der Waals surface area contributed by atoms with Crippen LogP contribution in [0.3, 0.4) is 0 Å². The molecular weight excluding hydrogens is 403 g/mol. The lowest BCUT2D eigenvalue weighted by Gasteiger charge is -2.33. The maximum Gasteiger partial charge on any atom is 0.227 e. The molecule has 0 spiro atoms. The van der Waals surface area contributed by atoms with Crippen LogP contribution in [0.15, 0.2) is 48.7 Å². The molecule has 1 aromatic carbocycles. The van der Waals surface area contributed by atoms with Crippen molar-refractivity contribution in [2.75, 3.05) is 23.3 Å². The lowest BCUT2D eigenvalue weighted by Crippen LogP contribution is -2.39. The summed E-state index contributed by atoms with van der Waals surface area (Å²) in [7, 11) is 0. The van der Waals surface area contributed by atoms with E-state index in [1.807, 2.05) is 12.3 Å². The van der Waals surface area contributed by atoms with Crippen LogP contribution >= 0.6 is 11.6 Å². The van der Waals surface area contributed by atoms with Gasteiger partial charge in [0.25, 0.3) is 0 Å². The quantitative estimate of drug-likeness (QED) is 0.628. The maximum atomic E-state index is 13.3. The first-order valence-electron chi connectivity index (χ1n) is 10.1. The van der Waals surface area contributed by atoms with Gasteiger partial charge >= 0.3 is 0 Å². The second-order valence-electron chi connectivity index (χ2n) is 7.68. The molecule has 0 unspecified atom stereocenters. The first kappa shape index (κ1) is 20.4. The first-order chi connectivity index (χ1) is 14.4. The summed E-state index contributed by atoms with van der Waals surface area (Å²) in [6.45, 7) is 5.65. The van der Waals surface area contributed by atoms with Crippen molar-refractivity contribution in [3.63, 3.8) is 0 Å². The van der Waals surface area contributed by atoms with Crippen LogP contribution in [0.25, 0.3) is 5.69 Å². The van der Waals surface area contributed by atoms with E-state index in [0.717, 1.165) is 48.8 Å². The van der Waals surface area contributed by atoms with Crippen LogP contribution in [0.5, 0.6) is 0 Å². The molecule has 1 fully saturated rings. The minimum atomic E-state index is -0.498. The molecule has 3 heterocycles. The van der Waals surface area contributed by atoms with Crippen molar-refractivity contribution < 1.29 is 9.18 Å². The van der Waals surface area contributed by atoms with Gasteiger partial charge in [0, 0.05) is 42.3 Å². The molecule has 0 bridgehead atoms. The number of nitrogens with one attached hydrogen (secondary N) is 1. The van der Waals surface area contributed by atoms with Crippen molar-refractivity contribution >= 4 is 29.0 Å². The number of aryl methyl sites for hydroxylation is 2. The Bertz CT molecular complexity index is 1050. The van der Waals surface area contributed by atoms with Crippen LogP contribution in [0.2, 0.25) is 5.02 Å². The topological polar surface area (TPSA) is 50.2 Å². The van der Waals surface area contributed by atoms with Crippen molar-refractivity contribution in [1.82, 2.24) is 9.55 Å². The van der Waals surface area contributed by atoms with Crippen molar-refractivity contribution in [2.24, 2.45) is 5.92 Å². The van der Waals surface area contributed by atoms with E-state index in [4.69, 9.17) is 11.6 Å². The summed E-state index contributed by atoms with van der Waals surface area (Å²) in [5, 5.41) is 2.86. The van der Waals surface area contributed by atoms with E-state index in [9.17, 15) is 9.18 Å². The lowest BCUT2D eigenvalue weighted by atomic mass is 9.95. The fourth-order valence-corrected chi connectivity index (χ4v) is 4.21. The fourth-order valence-electron chi connectivity index (χ4n) is 4.03. The number of nitrogens with zero attached hydrogens (tertiary/aromatic N) is 3. The Kier molecular flexibility index (Phi) is 5.77. The van der Waals surface area contributed by atoms with Crippen molar-refractivity contribution in [3.05, 3.63) is 70.9 Å². The monoisotopic (exact) mass is 426 g/mol. The van der Waals surface area contributed by atoms with Crippen LogP contribution in [0.4, 0.5) is 15.9 Å².